The Morgan fingerprint density at radius 1 is 1.04 bits per heavy atom. The van der Waals surface area contributed by atoms with Crippen LogP contribution in [0.4, 0.5) is 5.82 Å². The van der Waals surface area contributed by atoms with E-state index in [4.69, 9.17) is 9.40 Å². The van der Waals surface area contributed by atoms with E-state index in [0.29, 0.717) is 18.3 Å². The quantitative estimate of drug-likeness (QED) is 0.714. The fourth-order valence-electron chi connectivity index (χ4n) is 2.98. The molecule has 4 heterocycles. The van der Waals surface area contributed by atoms with Crippen molar-refractivity contribution in [1.82, 2.24) is 29.9 Å². The van der Waals surface area contributed by atoms with Crippen LogP contribution >= 0.6 is 0 Å². The van der Waals surface area contributed by atoms with E-state index >= 15 is 0 Å². The molecule has 0 saturated carbocycles. The number of hydrogen-bond donors (Lipinski definition) is 0. The second-order valence-electron chi connectivity index (χ2n) is 6.29. The zero-order valence-corrected chi connectivity index (χ0v) is 14.5. The monoisotopic (exact) mass is 339 g/mol. The maximum absolute atomic E-state index is 5.46. The second kappa shape index (κ2) is 6.64. The summed E-state index contributed by atoms with van der Waals surface area (Å²) in [6.07, 6.45) is 3.82. The predicted molar refractivity (Wildman–Crippen MR) is 92.6 cm³/mol. The first-order chi connectivity index (χ1) is 12.2. The number of nitrogens with zero attached hydrogens (tertiary/aromatic N) is 7. The summed E-state index contributed by atoms with van der Waals surface area (Å²) in [5.41, 5.74) is 1.12. The minimum Gasteiger partial charge on any atom is -0.424 e. The standard InChI is InChI=1S/C17H21N7O/c1-13-10-18-24(11-13)16-5-3-4-15(19-16)23-8-6-22(7-9-23)12-17-21-20-14(2)25-17/h3-5,10-11H,6-9,12H2,1-2H3. The molecule has 0 N–H and O–H groups in total. The van der Waals surface area contributed by atoms with E-state index in [1.165, 1.54) is 0 Å². The normalized spacial score (nSPS) is 15.7. The molecule has 0 amide bonds. The molecule has 8 heteroatoms. The number of aromatic nitrogens is 5. The Kier molecular flexibility index (Phi) is 4.19. The molecule has 0 bridgehead atoms. The van der Waals surface area contributed by atoms with Crippen molar-refractivity contribution in [2.45, 2.75) is 20.4 Å². The minimum atomic E-state index is 0.614. The van der Waals surface area contributed by atoms with Gasteiger partial charge in [-0.25, -0.2) is 9.67 Å². The van der Waals surface area contributed by atoms with Crippen LogP contribution in [-0.4, -0.2) is 56.0 Å². The van der Waals surface area contributed by atoms with Gasteiger partial charge in [-0.05, 0) is 24.6 Å². The highest BCUT2D eigenvalue weighted by Gasteiger charge is 2.20. The summed E-state index contributed by atoms with van der Waals surface area (Å²) < 4.78 is 7.28. The molecule has 8 nitrogen and oxygen atoms in total. The zero-order chi connectivity index (χ0) is 17.2. The van der Waals surface area contributed by atoms with Crippen LogP contribution in [0.5, 0.6) is 0 Å². The van der Waals surface area contributed by atoms with Crippen LogP contribution < -0.4 is 4.90 Å². The highest BCUT2D eigenvalue weighted by atomic mass is 16.4. The molecule has 0 unspecified atom stereocenters. The lowest BCUT2D eigenvalue weighted by molar-refractivity contribution is 0.224. The lowest BCUT2D eigenvalue weighted by Crippen LogP contribution is -2.46. The molecule has 0 aliphatic carbocycles. The van der Waals surface area contributed by atoms with E-state index in [9.17, 15) is 0 Å². The molecule has 1 aliphatic rings. The van der Waals surface area contributed by atoms with E-state index in [-0.39, 0.29) is 0 Å². The lowest BCUT2D eigenvalue weighted by atomic mass is 10.3. The Morgan fingerprint density at radius 3 is 2.52 bits per heavy atom. The van der Waals surface area contributed by atoms with Crippen LogP contribution in [0.15, 0.2) is 35.0 Å². The van der Waals surface area contributed by atoms with E-state index in [0.717, 1.165) is 43.4 Å². The van der Waals surface area contributed by atoms with Crippen molar-refractivity contribution in [3.63, 3.8) is 0 Å². The fraction of sp³-hybridized carbons (Fsp3) is 0.412. The highest BCUT2D eigenvalue weighted by Crippen LogP contribution is 2.17. The average Bonchev–Trinajstić information content (AvgIpc) is 3.24. The van der Waals surface area contributed by atoms with Crippen molar-refractivity contribution < 1.29 is 4.42 Å². The zero-order valence-electron chi connectivity index (χ0n) is 14.5. The predicted octanol–water partition coefficient (Wildman–Crippen LogP) is 1.59. The maximum atomic E-state index is 5.46. The number of rotatable bonds is 4. The Balaban J connectivity index is 1.40. The summed E-state index contributed by atoms with van der Waals surface area (Å²) in [6.45, 7) is 8.26. The molecule has 0 atom stereocenters. The van der Waals surface area contributed by atoms with Crippen LogP contribution in [0.25, 0.3) is 5.82 Å². The van der Waals surface area contributed by atoms with Crippen LogP contribution in [-0.2, 0) is 6.54 Å². The van der Waals surface area contributed by atoms with Crippen LogP contribution in [0.2, 0.25) is 0 Å². The topological polar surface area (TPSA) is 76.1 Å². The molecule has 1 aliphatic heterocycles. The summed E-state index contributed by atoms with van der Waals surface area (Å²) in [4.78, 5) is 9.38. The Labute approximate surface area is 146 Å². The van der Waals surface area contributed by atoms with E-state index < -0.39 is 0 Å². The smallest absolute Gasteiger partial charge is 0.230 e. The molecule has 1 saturated heterocycles. The van der Waals surface area contributed by atoms with Gasteiger partial charge in [-0.2, -0.15) is 5.10 Å². The third kappa shape index (κ3) is 3.53. The molecule has 4 rings (SSSR count). The second-order valence-corrected chi connectivity index (χ2v) is 6.29. The summed E-state index contributed by atoms with van der Waals surface area (Å²) in [5.74, 6) is 3.12. The fourth-order valence-corrected chi connectivity index (χ4v) is 2.98. The van der Waals surface area contributed by atoms with E-state index in [1.54, 1.807) is 0 Å². The first-order valence-electron chi connectivity index (χ1n) is 8.42. The highest BCUT2D eigenvalue weighted by molar-refractivity contribution is 5.43. The largest absolute Gasteiger partial charge is 0.424 e. The minimum absolute atomic E-state index is 0.614. The van der Waals surface area contributed by atoms with E-state index in [2.05, 4.69) is 31.2 Å². The molecule has 0 radical (unpaired) electrons. The molecular formula is C17H21N7O. The lowest BCUT2D eigenvalue weighted by Gasteiger charge is -2.34. The third-order valence-electron chi connectivity index (χ3n) is 4.29. The molecule has 25 heavy (non-hydrogen) atoms. The SMILES string of the molecule is Cc1cnn(-c2cccc(N3CCN(Cc4nnc(C)o4)CC3)n2)c1. The molecule has 0 aromatic carbocycles. The van der Waals surface area contributed by atoms with Crippen LogP contribution in [0.1, 0.15) is 17.3 Å². The van der Waals surface area contributed by atoms with Crippen LogP contribution in [0, 0.1) is 13.8 Å². The van der Waals surface area contributed by atoms with Crippen molar-refractivity contribution in [1.29, 1.82) is 0 Å². The van der Waals surface area contributed by atoms with Gasteiger partial charge in [0.15, 0.2) is 5.82 Å². The molecular weight excluding hydrogens is 318 g/mol. The van der Waals surface area contributed by atoms with Gasteiger partial charge < -0.3 is 9.32 Å². The molecule has 0 spiro atoms. The van der Waals surface area contributed by atoms with Gasteiger partial charge in [0.2, 0.25) is 11.8 Å². The molecule has 1 fully saturated rings. The molecule has 130 valence electrons. The van der Waals surface area contributed by atoms with Crippen LogP contribution in [0.3, 0.4) is 0 Å². The van der Waals surface area contributed by atoms with Crippen molar-refractivity contribution in [2.24, 2.45) is 0 Å². The first-order valence-corrected chi connectivity index (χ1v) is 8.42. The summed E-state index contributed by atoms with van der Waals surface area (Å²) >= 11 is 0. The van der Waals surface area contributed by atoms with Gasteiger partial charge in [-0.3, -0.25) is 4.90 Å². The van der Waals surface area contributed by atoms with Crippen molar-refractivity contribution >= 4 is 5.82 Å². The summed E-state index contributed by atoms with van der Waals surface area (Å²) in [5, 5.41) is 12.3. The average molecular weight is 339 g/mol. The summed E-state index contributed by atoms with van der Waals surface area (Å²) in [7, 11) is 0. The number of aryl methyl sites for hydroxylation is 2. The number of piperazine rings is 1. The van der Waals surface area contributed by atoms with Gasteiger partial charge >= 0.3 is 0 Å². The van der Waals surface area contributed by atoms with E-state index in [1.807, 2.05) is 43.1 Å². The number of hydrogen-bond acceptors (Lipinski definition) is 7. The summed E-state index contributed by atoms with van der Waals surface area (Å²) in [6, 6.07) is 6.06. The van der Waals surface area contributed by atoms with Crippen molar-refractivity contribution in [3.8, 4) is 5.82 Å². The van der Waals surface area contributed by atoms with Crippen molar-refractivity contribution in [2.75, 3.05) is 31.1 Å². The maximum Gasteiger partial charge on any atom is 0.230 e. The van der Waals surface area contributed by atoms with Crippen molar-refractivity contribution in [3.05, 3.63) is 47.9 Å². The van der Waals surface area contributed by atoms with Gasteiger partial charge in [-0.1, -0.05) is 6.07 Å². The Morgan fingerprint density at radius 2 is 1.84 bits per heavy atom. The number of pyridine rings is 1. The van der Waals surface area contributed by atoms with Gasteiger partial charge in [0, 0.05) is 39.3 Å². The number of anilines is 1. The van der Waals surface area contributed by atoms with Gasteiger partial charge in [-0.15, -0.1) is 10.2 Å². The van der Waals surface area contributed by atoms with Gasteiger partial charge in [0.1, 0.15) is 5.82 Å². The molecule has 3 aromatic rings. The third-order valence-corrected chi connectivity index (χ3v) is 4.29. The Hall–Kier alpha value is -2.74. The molecule has 3 aromatic heterocycles. The van der Waals surface area contributed by atoms with Gasteiger partial charge in [0.25, 0.3) is 0 Å². The Bertz CT molecular complexity index is 848. The van der Waals surface area contributed by atoms with Gasteiger partial charge in [0.05, 0.1) is 12.7 Å². The first kappa shape index (κ1) is 15.8.